The van der Waals surface area contributed by atoms with Crippen LogP contribution < -0.4 is 14.4 Å². The number of ether oxygens (including phenoxy) is 4. The average molecular weight is 511 g/mol. The molecule has 12 heteroatoms. The van der Waals surface area contributed by atoms with Gasteiger partial charge >= 0.3 is 18.1 Å². The van der Waals surface area contributed by atoms with Crippen LogP contribution in [0, 0.1) is 11.6 Å². The van der Waals surface area contributed by atoms with E-state index in [-0.39, 0.29) is 40.6 Å². The molecular weight excluding hydrogens is 493 g/mol. The van der Waals surface area contributed by atoms with Gasteiger partial charge in [-0.05, 0) is 36.4 Å². The van der Waals surface area contributed by atoms with Gasteiger partial charge in [0, 0.05) is 18.0 Å². The van der Waals surface area contributed by atoms with Crippen molar-refractivity contribution in [3.8, 4) is 17.2 Å². The minimum absolute atomic E-state index is 0.0360. The first-order valence-electron chi connectivity index (χ1n) is 9.99. The Hall–Kier alpha value is -4.35. The van der Waals surface area contributed by atoms with Crippen molar-refractivity contribution in [3.05, 3.63) is 83.2 Å². The molecule has 1 aliphatic heterocycles. The molecule has 0 aliphatic carbocycles. The molecule has 0 fully saturated rings. The standard InChI is InChI=1S/C24H18F5NO6/c1-33-18-8-7-14(30-9-5-4-6-15(22(31)34-2)20(30)23(32)35-3)12-19(18)36-21-16(25)10-13(11-17(21)26)24(27,28)29/h4-12H,1-3H3. The Morgan fingerprint density at radius 1 is 0.861 bits per heavy atom. The van der Waals surface area contributed by atoms with Gasteiger partial charge in [-0.25, -0.2) is 18.4 Å². The first-order chi connectivity index (χ1) is 17.0. The summed E-state index contributed by atoms with van der Waals surface area (Å²) in [6.45, 7) is 0. The maximum Gasteiger partial charge on any atom is 0.416 e. The number of esters is 2. The van der Waals surface area contributed by atoms with Gasteiger partial charge in [-0.15, -0.1) is 0 Å². The van der Waals surface area contributed by atoms with Gasteiger partial charge in [0.2, 0.25) is 0 Å². The van der Waals surface area contributed by atoms with Crippen LogP contribution in [-0.4, -0.2) is 33.3 Å². The highest BCUT2D eigenvalue weighted by Crippen LogP contribution is 2.40. The molecule has 36 heavy (non-hydrogen) atoms. The average Bonchev–Trinajstić information content (AvgIpc) is 3.07. The second-order valence-corrected chi connectivity index (χ2v) is 7.02. The molecule has 0 bridgehead atoms. The SMILES string of the molecule is COC(=O)C1=C(C(=O)OC)N(c2ccc(OC)c(Oc3c(F)cc(C(F)(F)F)cc3F)c2)C=CC=C1. The Kier molecular flexibility index (Phi) is 7.66. The van der Waals surface area contributed by atoms with E-state index in [1.54, 1.807) is 0 Å². The van der Waals surface area contributed by atoms with Gasteiger partial charge in [0.25, 0.3) is 0 Å². The molecule has 190 valence electrons. The van der Waals surface area contributed by atoms with Crippen LogP contribution in [-0.2, 0) is 25.2 Å². The van der Waals surface area contributed by atoms with E-state index in [0.717, 1.165) is 14.2 Å². The number of hydrogen-bond donors (Lipinski definition) is 0. The summed E-state index contributed by atoms with van der Waals surface area (Å²) in [6.07, 6.45) is 0.687. The number of hydrogen-bond acceptors (Lipinski definition) is 7. The summed E-state index contributed by atoms with van der Waals surface area (Å²) in [4.78, 5) is 26.1. The number of allylic oxidation sites excluding steroid dienone is 2. The van der Waals surface area contributed by atoms with Gasteiger partial charge in [-0.3, -0.25) is 0 Å². The lowest BCUT2D eigenvalue weighted by Crippen LogP contribution is -2.27. The van der Waals surface area contributed by atoms with Crippen molar-refractivity contribution in [1.82, 2.24) is 0 Å². The normalized spacial score (nSPS) is 13.4. The number of methoxy groups -OCH3 is 3. The summed E-state index contributed by atoms with van der Waals surface area (Å²) in [5.41, 5.74) is -1.80. The Morgan fingerprint density at radius 3 is 2.06 bits per heavy atom. The molecule has 2 aromatic rings. The number of carbonyl (C=O) groups is 2. The number of halogens is 5. The van der Waals surface area contributed by atoms with Crippen LogP contribution in [0.25, 0.3) is 0 Å². The summed E-state index contributed by atoms with van der Waals surface area (Å²) in [7, 11) is 3.44. The maximum atomic E-state index is 14.4. The van der Waals surface area contributed by atoms with Gasteiger partial charge in [0.1, 0.15) is 5.70 Å². The number of carbonyl (C=O) groups excluding carboxylic acids is 2. The highest BCUT2D eigenvalue weighted by atomic mass is 19.4. The number of nitrogens with zero attached hydrogens (tertiary/aromatic N) is 1. The summed E-state index contributed by atoms with van der Waals surface area (Å²) >= 11 is 0. The third-order valence-electron chi connectivity index (χ3n) is 4.85. The second-order valence-electron chi connectivity index (χ2n) is 7.02. The van der Waals surface area contributed by atoms with Crippen molar-refractivity contribution in [2.24, 2.45) is 0 Å². The van der Waals surface area contributed by atoms with E-state index in [1.807, 2.05) is 0 Å². The molecule has 0 radical (unpaired) electrons. The smallest absolute Gasteiger partial charge is 0.416 e. The fourth-order valence-corrected chi connectivity index (χ4v) is 3.19. The first kappa shape index (κ1) is 26.3. The first-order valence-corrected chi connectivity index (χ1v) is 9.99. The fourth-order valence-electron chi connectivity index (χ4n) is 3.19. The predicted octanol–water partition coefficient (Wildman–Crippen LogP) is 5.27. The van der Waals surface area contributed by atoms with Crippen LogP contribution in [0.3, 0.4) is 0 Å². The van der Waals surface area contributed by atoms with E-state index in [2.05, 4.69) is 0 Å². The number of rotatable bonds is 6. The molecule has 0 amide bonds. The van der Waals surface area contributed by atoms with E-state index in [4.69, 9.17) is 18.9 Å². The molecule has 0 aromatic heterocycles. The predicted molar refractivity (Wildman–Crippen MR) is 116 cm³/mol. The van der Waals surface area contributed by atoms with Crippen molar-refractivity contribution in [1.29, 1.82) is 0 Å². The van der Waals surface area contributed by atoms with Crippen LogP contribution in [0.2, 0.25) is 0 Å². The van der Waals surface area contributed by atoms with E-state index < -0.39 is 41.1 Å². The van der Waals surface area contributed by atoms with Gasteiger partial charge in [-0.1, -0.05) is 6.08 Å². The van der Waals surface area contributed by atoms with Crippen molar-refractivity contribution in [2.75, 3.05) is 26.2 Å². The zero-order chi connectivity index (χ0) is 26.6. The molecule has 0 unspecified atom stereocenters. The molecule has 7 nitrogen and oxygen atoms in total. The Bertz CT molecular complexity index is 1260. The van der Waals surface area contributed by atoms with Crippen LogP contribution in [0.4, 0.5) is 27.6 Å². The van der Waals surface area contributed by atoms with Crippen molar-refractivity contribution in [2.45, 2.75) is 6.18 Å². The maximum absolute atomic E-state index is 14.4. The van der Waals surface area contributed by atoms with Crippen LogP contribution in [0.15, 0.2) is 66.0 Å². The molecule has 1 aliphatic rings. The summed E-state index contributed by atoms with van der Waals surface area (Å²) in [5, 5.41) is 0. The van der Waals surface area contributed by atoms with Gasteiger partial charge in [0.15, 0.2) is 28.9 Å². The van der Waals surface area contributed by atoms with E-state index in [9.17, 15) is 31.5 Å². The van der Waals surface area contributed by atoms with Crippen molar-refractivity contribution < 1.29 is 50.5 Å². The lowest BCUT2D eigenvalue weighted by molar-refractivity contribution is -0.139. The highest BCUT2D eigenvalue weighted by molar-refractivity contribution is 6.05. The summed E-state index contributed by atoms with van der Waals surface area (Å²) in [5.74, 6) is -6.41. The third kappa shape index (κ3) is 5.32. The fraction of sp³-hybridized carbons (Fsp3) is 0.167. The van der Waals surface area contributed by atoms with Gasteiger partial charge in [-0.2, -0.15) is 13.2 Å². The quantitative estimate of drug-likeness (QED) is 0.386. The molecule has 0 N–H and O–H groups in total. The zero-order valence-corrected chi connectivity index (χ0v) is 19.0. The van der Waals surface area contributed by atoms with Crippen LogP contribution >= 0.6 is 0 Å². The van der Waals surface area contributed by atoms with Crippen molar-refractivity contribution >= 4 is 17.6 Å². The largest absolute Gasteiger partial charge is 0.493 e. The molecule has 0 saturated carbocycles. The number of anilines is 1. The van der Waals surface area contributed by atoms with E-state index in [0.29, 0.717) is 0 Å². The Labute approximate surface area is 201 Å². The molecule has 3 rings (SSSR count). The summed E-state index contributed by atoms with van der Waals surface area (Å²) in [6, 6.07) is 4.14. The second kappa shape index (κ2) is 10.5. The minimum atomic E-state index is -4.97. The monoisotopic (exact) mass is 511 g/mol. The summed E-state index contributed by atoms with van der Waals surface area (Å²) < 4.78 is 87.4. The van der Waals surface area contributed by atoms with Gasteiger partial charge in [0.05, 0.1) is 32.5 Å². The van der Waals surface area contributed by atoms with Gasteiger partial charge < -0.3 is 23.8 Å². The zero-order valence-electron chi connectivity index (χ0n) is 19.0. The third-order valence-corrected chi connectivity index (χ3v) is 4.85. The van der Waals surface area contributed by atoms with Crippen molar-refractivity contribution in [3.63, 3.8) is 0 Å². The molecule has 0 spiro atoms. The Morgan fingerprint density at radius 2 is 1.50 bits per heavy atom. The number of alkyl halides is 3. The molecule has 2 aromatic carbocycles. The van der Waals surface area contributed by atoms with Crippen LogP contribution in [0.1, 0.15) is 5.56 Å². The highest BCUT2D eigenvalue weighted by Gasteiger charge is 2.33. The van der Waals surface area contributed by atoms with E-state index >= 15 is 0 Å². The lowest BCUT2D eigenvalue weighted by Gasteiger charge is -2.24. The Balaban J connectivity index is 2.13. The lowest BCUT2D eigenvalue weighted by atomic mass is 10.1. The van der Waals surface area contributed by atoms with E-state index in [1.165, 1.54) is 54.6 Å². The van der Waals surface area contributed by atoms with Crippen LogP contribution in [0.5, 0.6) is 17.2 Å². The molecule has 0 atom stereocenters. The molecular formula is C24H18F5NO6. The molecule has 1 heterocycles. The topological polar surface area (TPSA) is 74.3 Å². The minimum Gasteiger partial charge on any atom is -0.493 e. The molecule has 0 saturated heterocycles. The number of benzene rings is 2.